The van der Waals surface area contributed by atoms with Crippen LogP contribution in [0.1, 0.15) is 32.1 Å². The van der Waals surface area contributed by atoms with Gasteiger partial charge in [0.25, 0.3) is 0 Å². The van der Waals surface area contributed by atoms with Gasteiger partial charge in [-0.3, -0.25) is 4.98 Å². The lowest BCUT2D eigenvalue weighted by molar-refractivity contribution is 0.141. The van der Waals surface area contributed by atoms with Crippen LogP contribution in [0.25, 0.3) is 26.3 Å². The fourth-order valence-electron chi connectivity index (χ4n) is 4.45. The van der Waals surface area contributed by atoms with E-state index in [-0.39, 0.29) is 0 Å². The lowest BCUT2D eigenvalue weighted by Gasteiger charge is -2.40. The van der Waals surface area contributed by atoms with Crippen molar-refractivity contribution in [2.24, 2.45) is 0 Å². The number of nitrogens with zero attached hydrogens (tertiary/aromatic N) is 6. The normalized spacial score (nSPS) is 18.8. The predicted octanol–water partition coefficient (Wildman–Crippen LogP) is 4.76. The largest absolute Gasteiger partial charge is 0.348 e. The third-order valence-corrected chi connectivity index (χ3v) is 7.12. The van der Waals surface area contributed by atoms with E-state index in [1.54, 1.807) is 23.7 Å². The Labute approximate surface area is 175 Å². The number of likely N-dealkylation sites (tertiary alicyclic amines) is 1. The fraction of sp³-hybridized carbons (Fsp3) is 0.455. The summed E-state index contributed by atoms with van der Waals surface area (Å²) in [6.45, 7) is 11.9. The SMILES string of the molecule is [C-]#[N+]c1cncc(-c2cnc3nc(N4CCC(N5CCCCC5)CC4)sc3c2)c1. The van der Waals surface area contributed by atoms with E-state index in [1.807, 2.05) is 12.3 Å². The van der Waals surface area contributed by atoms with E-state index in [0.29, 0.717) is 5.69 Å². The monoisotopic (exact) mass is 404 g/mol. The van der Waals surface area contributed by atoms with Crippen molar-refractivity contribution in [3.05, 3.63) is 42.1 Å². The molecule has 2 saturated heterocycles. The van der Waals surface area contributed by atoms with Gasteiger partial charge in [0, 0.05) is 43.3 Å². The minimum Gasteiger partial charge on any atom is -0.348 e. The summed E-state index contributed by atoms with van der Waals surface area (Å²) in [7, 11) is 0. The lowest BCUT2D eigenvalue weighted by Crippen LogP contribution is -2.46. The van der Waals surface area contributed by atoms with Gasteiger partial charge >= 0.3 is 0 Å². The Hall–Kier alpha value is -2.56. The summed E-state index contributed by atoms with van der Waals surface area (Å²) >= 11 is 1.72. The first-order valence-electron chi connectivity index (χ1n) is 10.4. The summed E-state index contributed by atoms with van der Waals surface area (Å²) in [5, 5.41) is 1.08. The number of anilines is 1. The van der Waals surface area contributed by atoms with Crippen molar-refractivity contribution in [1.82, 2.24) is 19.9 Å². The van der Waals surface area contributed by atoms with Crippen LogP contribution in [-0.2, 0) is 0 Å². The molecule has 0 bridgehead atoms. The molecular formula is C22H24N6S. The van der Waals surface area contributed by atoms with Gasteiger partial charge in [-0.15, -0.1) is 0 Å². The van der Waals surface area contributed by atoms with Crippen molar-refractivity contribution in [3.8, 4) is 11.1 Å². The average molecular weight is 405 g/mol. The summed E-state index contributed by atoms with van der Waals surface area (Å²) < 4.78 is 1.09. The van der Waals surface area contributed by atoms with Gasteiger partial charge in [-0.2, -0.15) is 4.98 Å². The Bertz CT molecular complexity index is 1040. The van der Waals surface area contributed by atoms with Gasteiger partial charge in [-0.1, -0.05) is 17.8 Å². The number of fused-ring (bicyclic) bond motifs is 1. The van der Waals surface area contributed by atoms with Crippen molar-refractivity contribution >= 4 is 32.5 Å². The van der Waals surface area contributed by atoms with Crippen LogP contribution in [0.2, 0.25) is 0 Å². The first kappa shape index (κ1) is 18.5. The van der Waals surface area contributed by atoms with Crippen LogP contribution in [0, 0.1) is 6.57 Å². The first-order valence-corrected chi connectivity index (χ1v) is 11.2. The van der Waals surface area contributed by atoms with E-state index < -0.39 is 0 Å². The minimum absolute atomic E-state index is 0.546. The molecule has 0 aliphatic carbocycles. The highest BCUT2D eigenvalue weighted by atomic mass is 32.1. The summed E-state index contributed by atoms with van der Waals surface area (Å²) in [5.74, 6) is 0. The fourth-order valence-corrected chi connectivity index (χ4v) is 5.47. The average Bonchev–Trinajstić information content (AvgIpc) is 3.23. The molecule has 0 saturated carbocycles. The molecule has 3 aromatic rings. The third-order valence-electron chi connectivity index (χ3n) is 6.06. The standard InChI is InChI=1S/C22H24N6S/c1-23-18-11-16(13-24-15-18)17-12-20-21(25-14-17)26-22(29-20)28-9-5-19(6-10-28)27-7-3-2-4-8-27/h11-15,19H,2-10H2. The summed E-state index contributed by atoms with van der Waals surface area (Å²) in [6, 6.07) is 4.72. The number of thiazole rings is 1. The van der Waals surface area contributed by atoms with E-state index >= 15 is 0 Å². The summed E-state index contributed by atoms with van der Waals surface area (Å²) in [6.07, 6.45) is 11.8. The van der Waals surface area contributed by atoms with E-state index in [4.69, 9.17) is 11.6 Å². The third kappa shape index (κ3) is 3.83. The van der Waals surface area contributed by atoms with E-state index in [1.165, 1.54) is 45.2 Å². The second-order valence-electron chi connectivity index (χ2n) is 7.90. The molecule has 6 nitrogen and oxygen atoms in total. The molecule has 2 aliphatic heterocycles. The lowest BCUT2D eigenvalue weighted by atomic mass is 10.0. The highest BCUT2D eigenvalue weighted by Gasteiger charge is 2.27. The van der Waals surface area contributed by atoms with Crippen molar-refractivity contribution in [1.29, 1.82) is 0 Å². The molecule has 5 rings (SSSR count). The Kier molecular flexibility index (Phi) is 5.13. The Morgan fingerprint density at radius 3 is 2.55 bits per heavy atom. The van der Waals surface area contributed by atoms with Crippen LogP contribution in [0.5, 0.6) is 0 Å². The molecule has 2 fully saturated rings. The van der Waals surface area contributed by atoms with Crippen LogP contribution >= 0.6 is 11.3 Å². The van der Waals surface area contributed by atoms with Crippen LogP contribution in [0.3, 0.4) is 0 Å². The molecule has 29 heavy (non-hydrogen) atoms. The molecule has 148 valence electrons. The highest BCUT2D eigenvalue weighted by molar-refractivity contribution is 7.22. The van der Waals surface area contributed by atoms with Gasteiger partial charge in [0.05, 0.1) is 11.3 Å². The quantitative estimate of drug-likeness (QED) is 0.589. The topological polar surface area (TPSA) is 49.5 Å². The predicted molar refractivity (Wildman–Crippen MR) is 118 cm³/mol. The van der Waals surface area contributed by atoms with E-state index in [9.17, 15) is 0 Å². The molecule has 3 aromatic heterocycles. The molecule has 0 spiro atoms. The van der Waals surface area contributed by atoms with Gasteiger partial charge in [0.15, 0.2) is 10.8 Å². The summed E-state index contributed by atoms with van der Waals surface area (Å²) in [5.41, 5.74) is 3.25. The Morgan fingerprint density at radius 2 is 1.76 bits per heavy atom. The van der Waals surface area contributed by atoms with E-state index in [0.717, 1.165) is 45.7 Å². The molecule has 0 radical (unpaired) electrons. The highest BCUT2D eigenvalue weighted by Crippen LogP contribution is 2.33. The number of pyridine rings is 2. The maximum Gasteiger partial charge on any atom is 0.205 e. The Balaban J connectivity index is 1.32. The van der Waals surface area contributed by atoms with Crippen molar-refractivity contribution < 1.29 is 0 Å². The second kappa shape index (κ2) is 8.05. The molecular weight excluding hydrogens is 380 g/mol. The number of piperidine rings is 2. The maximum absolute atomic E-state index is 7.18. The zero-order valence-corrected chi connectivity index (χ0v) is 17.2. The molecule has 0 unspecified atom stereocenters. The molecule has 0 amide bonds. The Morgan fingerprint density at radius 1 is 0.966 bits per heavy atom. The minimum atomic E-state index is 0.546. The molecule has 5 heterocycles. The van der Waals surface area contributed by atoms with Gasteiger partial charge in [-0.05, 0) is 56.5 Å². The van der Waals surface area contributed by atoms with Gasteiger partial charge in [0.1, 0.15) is 0 Å². The number of hydrogen-bond acceptors (Lipinski definition) is 6. The first-order chi connectivity index (χ1) is 14.3. The van der Waals surface area contributed by atoms with Crippen molar-refractivity contribution in [2.45, 2.75) is 38.1 Å². The number of hydrogen-bond donors (Lipinski definition) is 0. The van der Waals surface area contributed by atoms with Gasteiger partial charge < -0.3 is 9.80 Å². The van der Waals surface area contributed by atoms with Crippen molar-refractivity contribution in [2.75, 3.05) is 31.1 Å². The zero-order chi connectivity index (χ0) is 19.6. The van der Waals surface area contributed by atoms with Crippen molar-refractivity contribution in [3.63, 3.8) is 0 Å². The smallest absolute Gasteiger partial charge is 0.205 e. The van der Waals surface area contributed by atoms with E-state index in [2.05, 4.69) is 30.7 Å². The molecule has 0 aromatic carbocycles. The van der Waals surface area contributed by atoms with Crippen LogP contribution in [-0.4, -0.2) is 52.1 Å². The van der Waals surface area contributed by atoms with Crippen LogP contribution in [0.15, 0.2) is 30.7 Å². The summed E-state index contributed by atoms with van der Waals surface area (Å²) in [4.78, 5) is 22.1. The maximum atomic E-state index is 7.18. The molecule has 0 N–H and O–H groups in total. The van der Waals surface area contributed by atoms with Crippen LogP contribution in [0.4, 0.5) is 10.8 Å². The van der Waals surface area contributed by atoms with Gasteiger partial charge in [0.2, 0.25) is 5.69 Å². The zero-order valence-electron chi connectivity index (χ0n) is 16.4. The molecule has 7 heteroatoms. The molecule has 0 atom stereocenters. The second-order valence-corrected chi connectivity index (χ2v) is 8.91. The van der Waals surface area contributed by atoms with Crippen LogP contribution < -0.4 is 4.90 Å². The molecule has 2 aliphatic rings. The van der Waals surface area contributed by atoms with Gasteiger partial charge in [-0.25, -0.2) is 9.83 Å². The number of rotatable bonds is 3. The number of aromatic nitrogens is 3.